The molecule has 1 fully saturated rings. The van der Waals surface area contributed by atoms with Gasteiger partial charge in [0, 0.05) is 12.6 Å². The van der Waals surface area contributed by atoms with Crippen LogP contribution in [-0.2, 0) is 14.8 Å². The summed E-state index contributed by atoms with van der Waals surface area (Å²) in [4.78, 5) is 25.1. The van der Waals surface area contributed by atoms with E-state index in [9.17, 15) is 23.1 Å². The van der Waals surface area contributed by atoms with Crippen molar-refractivity contribution in [2.45, 2.75) is 37.3 Å². The second kappa shape index (κ2) is 6.09. The Kier molecular flexibility index (Phi) is 4.57. The Morgan fingerprint density at radius 2 is 2.09 bits per heavy atom. The van der Waals surface area contributed by atoms with Crippen molar-refractivity contribution in [3.63, 3.8) is 0 Å². The number of nitrogens with one attached hydrogen (secondary N) is 1. The summed E-state index contributed by atoms with van der Waals surface area (Å²) in [6.07, 6.45) is 1.85. The fourth-order valence-corrected chi connectivity index (χ4v) is 3.20. The van der Waals surface area contributed by atoms with Crippen LogP contribution in [0, 0.1) is 6.92 Å². The minimum absolute atomic E-state index is 0.0713. The van der Waals surface area contributed by atoms with Crippen molar-refractivity contribution in [2.24, 2.45) is 0 Å². The first-order chi connectivity index (χ1) is 10.3. The largest absolute Gasteiger partial charge is 0.480 e. The van der Waals surface area contributed by atoms with Crippen LogP contribution in [0.15, 0.2) is 15.6 Å². The average molecular weight is 330 g/mol. The highest BCUT2D eigenvalue weighted by atomic mass is 32.2. The van der Waals surface area contributed by atoms with Crippen molar-refractivity contribution in [1.29, 1.82) is 0 Å². The molecule has 22 heavy (non-hydrogen) atoms. The van der Waals surface area contributed by atoms with Gasteiger partial charge in [-0.3, -0.25) is 4.79 Å². The third-order valence-electron chi connectivity index (χ3n) is 3.71. The molecule has 2 N–H and O–H groups in total. The maximum absolute atomic E-state index is 12.6. The van der Waals surface area contributed by atoms with E-state index in [-0.39, 0.29) is 16.4 Å². The summed E-state index contributed by atoms with van der Waals surface area (Å²) in [5, 5.41) is 8.86. The monoisotopic (exact) mass is 330 g/mol. The normalized spacial score (nSPS) is 19.2. The van der Waals surface area contributed by atoms with E-state index in [1.165, 1.54) is 18.9 Å². The lowest BCUT2D eigenvalue weighted by molar-refractivity contribution is -0.143. The number of hydrogen-bond acceptors (Lipinski definition) is 5. The number of piperidine rings is 1. The summed E-state index contributed by atoms with van der Waals surface area (Å²) in [6.45, 7) is 1.80. The number of likely N-dealkylation sites (tertiary alicyclic amines) is 1. The third-order valence-corrected chi connectivity index (χ3v) is 4.98. The third kappa shape index (κ3) is 3.00. The van der Waals surface area contributed by atoms with Crippen LogP contribution in [0.1, 0.15) is 35.4 Å². The molecule has 8 nitrogen and oxygen atoms in total. The lowest BCUT2D eigenvalue weighted by Gasteiger charge is -2.32. The van der Waals surface area contributed by atoms with Crippen molar-refractivity contribution < 1.29 is 27.5 Å². The SMILES string of the molecule is CNS(=O)(=O)c1cc(C(=O)N2CCCC[C@@H]2C(=O)O)c(C)o1. The molecule has 0 radical (unpaired) electrons. The van der Waals surface area contributed by atoms with Crippen LogP contribution in [-0.4, -0.2) is 49.9 Å². The second-order valence-corrected chi connectivity index (χ2v) is 6.91. The molecule has 0 aromatic carbocycles. The van der Waals surface area contributed by atoms with E-state index in [1.54, 1.807) is 0 Å². The quantitative estimate of drug-likeness (QED) is 0.834. The van der Waals surface area contributed by atoms with Crippen LogP contribution in [0.2, 0.25) is 0 Å². The van der Waals surface area contributed by atoms with Crippen molar-refractivity contribution >= 4 is 21.9 Å². The fraction of sp³-hybridized carbons (Fsp3) is 0.538. The van der Waals surface area contributed by atoms with Crippen molar-refractivity contribution in [1.82, 2.24) is 9.62 Å². The summed E-state index contributed by atoms with van der Waals surface area (Å²) in [5.41, 5.74) is 0.0713. The molecule has 1 atom stereocenters. The lowest BCUT2D eigenvalue weighted by atomic mass is 10.0. The zero-order valence-electron chi connectivity index (χ0n) is 12.3. The topological polar surface area (TPSA) is 117 Å². The molecule has 0 unspecified atom stereocenters. The summed E-state index contributed by atoms with van der Waals surface area (Å²) in [5.74, 6) is -1.43. The van der Waals surface area contributed by atoms with Crippen LogP contribution < -0.4 is 4.72 Å². The highest BCUT2D eigenvalue weighted by Crippen LogP contribution is 2.24. The summed E-state index contributed by atoms with van der Waals surface area (Å²) < 4.78 is 30.7. The molecule has 122 valence electrons. The second-order valence-electron chi connectivity index (χ2n) is 5.09. The molecule has 1 aliphatic rings. The zero-order chi connectivity index (χ0) is 16.5. The van der Waals surface area contributed by atoms with Crippen molar-refractivity contribution in [3.05, 3.63) is 17.4 Å². The predicted octanol–water partition coefficient (Wildman–Crippen LogP) is 0.575. The van der Waals surface area contributed by atoms with Crippen molar-refractivity contribution in [3.8, 4) is 0 Å². The van der Waals surface area contributed by atoms with Crippen LogP contribution in [0.25, 0.3) is 0 Å². The number of carboxylic acid groups (broad SMARTS) is 1. The first kappa shape index (κ1) is 16.5. The van der Waals surface area contributed by atoms with Crippen LogP contribution in [0.3, 0.4) is 0 Å². The molecule has 2 heterocycles. The van der Waals surface area contributed by atoms with Gasteiger partial charge in [0.25, 0.3) is 15.9 Å². The molecule has 1 amide bonds. The first-order valence-corrected chi connectivity index (χ1v) is 8.34. The number of furan rings is 1. The molecule has 1 aromatic heterocycles. The van der Waals surface area contributed by atoms with Gasteiger partial charge in [0.2, 0.25) is 5.09 Å². The smallest absolute Gasteiger partial charge is 0.326 e. The number of rotatable bonds is 4. The maximum Gasteiger partial charge on any atom is 0.326 e. The molecule has 0 aliphatic carbocycles. The highest BCUT2D eigenvalue weighted by molar-refractivity contribution is 7.89. The van der Waals surface area contributed by atoms with Gasteiger partial charge in [0.05, 0.1) is 5.56 Å². The molecule has 9 heteroatoms. The Morgan fingerprint density at radius 1 is 1.41 bits per heavy atom. The minimum Gasteiger partial charge on any atom is -0.480 e. The molecule has 0 spiro atoms. The average Bonchev–Trinajstić information content (AvgIpc) is 2.89. The van der Waals surface area contributed by atoms with Gasteiger partial charge < -0.3 is 14.4 Å². The number of carboxylic acids is 1. The van der Waals surface area contributed by atoms with Gasteiger partial charge in [-0.1, -0.05) is 0 Å². The number of aliphatic carboxylic acids is 1. The zero-order valence-corrected chi connectivity index (χ0v) is 13.1. The molecule has 2 rings (SSSR count). The summed E-state index contributed by atoms with van der Waals surface area (Å²) in [6, 6.07) is 0.247. The van der Waals surface area contributed by atoms with Gasteiger partial charge in [-0.15, -0.1) is 0 Å². The van der Waals surface area contributed by atoms with Gasteiger partial charge in [-0.25, -0.2) is 17.9 Å². The Balaban J connectivity index is 2.35. The number of carbonyl (C=O) groups excluding carboxylic acids is 1. The standard InChI is InChI=1S/C13H18N2O6S/c1-8-9(7-11(21-8)22(19,20)14-2)12(16)15-6-4-3-5-10(15)13(17)18/h7,10,14H,3-6H2,1-2H3,(H,17,18)/t10-/m1/s1. The molecule has 0 saturated carbocycles. The van der Waals surface area contributed by atoms with Gasteiger partial charge in [-0.05, 0) is 33.2 Å². The highest BCUT2D eigenvalue weighted by Gasteiger charge is 2.34. The van der Waals surface area contributed by atoms with E-state index in [2.05, 4.69) is 4.72 Å². The predicted molar refractivity (Wildman–Crippen MR) is 76.0 cm³/mol. The number of hydrogen-bond donors (Lipinski definition) is 2. The molecular weight excluding hydrogens is 312 g/mol. The summed E-state index contributed by atoms with van der Waals surface area (Å²) in [7, 11) is -2.56. The number of carbonyl (C=O) groups is 2. The van der Waals surface area contributed by atoms with Crippen molar-refractivity contribution in [2.75, 3.05) is 13.6 Å². The minimum atomic E-state index is -3.80. The molecule has 0 bridgehead atoms. The maximum atomic E-state index is 12.6. The number of sulfonamides is 1. The first-order valence-electron chi connectivity index (χ1n) is 6.85. The number of amides is 1. The Morgan fingerprint density at radius 3 is 2.68 bits per heavy atom. The fourth-order valence-electron chi connectivity index (χ4n) is 2.49. The lowest BCUT2D eigenvalue weighted by Crippen LogP contribution is -2.48. The summed E-state index contributed by atoms with van der Waals surface area (Å²) >= 11 is 0. The van der Waals surface area contributed by atoms with E-state index in [0.29, 0.717) is 19.4 Å². The molecule has 1 aliphatic heterocycles. The number of aryl methyl sites for hydroxylation is 1. The van der Waals surface area contributed by atoms with Gasteiger partial charge >= 0.3 is 5.97 Å². The van der Waals surface area contributed by atoms with E-state index in [4.69, 9.17) is 4.42 Å². The van der Waals surface area contributed by atoms with Gasteiger partial charge in [-0.2, -0.15) is 0 Å². The van der Waals surface area contributed by atoms with Crippen LogP contribution in [0.4, 0.5) is 0 Å². The van der Waals surface area contributed by atoms with Gasteiger partial charge in [0.1, 0.15) is 11.8 Å². The van der Waals surface area contributed by atoms with E-state index >= 15 is 0 Å². The van der Waals surface area contributed by atoms with Crippen LogP contribution in [0.5, 0.6) is 0 Å². The number of nitrogens with zero attached hydrogens (tertiary/aromatic N) is 1. The van der Waals surface area contributed by atoms with E-state index in [0.717, 1.165) is 12.5 Å². The van der Waals surface area contributed by atoms with E-state index in [1.807, 2.05) is 0 Å². The van der Waals surface area contributed by atoms with Crippen LogP contribution >= 0.6 is 0 Å². The van der Waals surface area contributed by atoms with E-state index < -0.39 is 27.9 Å². The molecule has 1 saturated heterocycles. The molecular formula is C13H18N2O6S. The molecule has 1 aromatic rings. The Hall–Kier alpha value is -1.87. The van der Waals surface area contributed by atoms with Gasteiger partial charge in [0.15, 0.2) is 0 Å². The Labute approximate surface area is 128 Å². The Bertz CT molecular complexity index is 693.